The molecule has 0 aromatic heterocycles. The molecule has 0 spiro atoms. The number of piperidine rings is 1. The van der Waals surface area contributed by atoms with Crippen LogP contribution >= 0.6 is 0 Å². The van der Waals surface area contributed by atoms with Crippen LogP contribution in [0.25, 0.3) is 0 Å². The zero-order valence-corrected chi connectivity index (χ0v) is 10.7. The average Bonchev–Trinajstić information content (AvgIpc) is 2.75. The first-order chi connectivity index (χ1) is 7.53. The zero-order valence-electron chi connectivity index (χ0n) is 9.93. The molecule has 2 unspecified atom stereocenters. The molecule has 0 aromatic carbocycles. The third-order valence-electron chi connectivity index (χ3n) is 4.00. The van der Waals surface area contributed by atoms with Gasteiger partial charge < -0.3 is 5.73 Å². The quantitative estimate of drug-likeness (QED) is 0.798. The second kappa shape index (κ2) is 4.63. The van der Waals surface area contributed by atoms with Crippen LogP contribution in [-0.4, -0.2) is 30.7 Å². The minimum atomic E-state index is -3.14. The largest absolute Gasteiger partial charge is 0.315 e. The lowest BCUT2D eigenvalue weighted by Gasteiger charge is -2.37. The Bertz CT molecular complexity index is 336. The minimum absolute atomic E-state index is 0.163. The number of rotatable bonds is 2. The van der Waals surface area contributed by atoms with Crippen molar-refractivity contribution in [2.75, 3.05) is 6.54 Å². The first kappa shape index (κ1) is 12.3. The topological polar surface area (TPSA) is 63.4 Å². The summed E-state index contributed by atoms with van der Waals surface area (Å²) in [4.78, 5) is 0. The van der Waals surface area contributed by atoms with E-state index >= 15 is 0 Å². The summed E-state index contributed by atoms with van der Waals surface area (Å²) in [5, 5.41) is -0.163. The molecule has 2 N–H and O–H groups in total. The lowest BCUT2D eigenvalue weighted by Crippen LogP contribution is -2.54. The van der Waals surface area contributed by atoms with E-state index in [2.05, 4.69) is 0 Å². The van der Waals surface area contributed by atoms with Crippen molar-refractivity contribution in [2.45, 2.75) is 56.9 Å². The predicted octanol–water partition coefficient (Wildman–Crippen LogP) is 1.28. The van der Waals surface area contributed by atoms with Gasteiger partial charge in [-0.05, 0) is 31.6 Å². The summed E-state index contributed by atoms with van der Waals surface area (Å²) in [6.45, 7) is 2.66. The van der Waals surface area contributed by atoms with Crippen molar-refractivity contribution >= 4 is 10.0 Å². The third-order valence-corrected chi connectivity index (χ3v) is 6.40. The van der Waals surface area contributed by atoms with Gasteiger partial charge in [-0.2, -0.15) is 4.31 Å². The molecule has 2 rings (SSSR count). The molecule has 2 atom stereocenters. The van der Waals surface area contributed by atoms with Gasteiger partial charge in [-0.1, -0.05) is 19.8 Å². The van der Waals surface area contributed by atoms with Crippen molar-refractivity contribution in [3.8, 4) is 0 Å². The van der Waals surface area contributed by atoms with Crippen LogP contribution < -0.4 is 5.73 Å². The summed E-state index contributed by atoms with van der Waals surface area (Å²) >= 11 is 0. The van der Waals surface area contributed by atoms with E-state index in [0.29, 0.717) is 6.54 Å². The van der Waals surface area contributed by atoms with Crippen molar-refractivity contribution in [1.82, 2.24) is 4.31 Å². The molecule has 94 valence electrons. The van der Waals surface area contributed by atoms with Crippen LogP contribution in [0.5, 0.6) is 0 Å². The van der Waals surface area contributed by atoms with E-state index in [-0.39, 0.29) is 17.3 Å². The van der Waals surface area contributed by atoms with Crippen LogP contribution in [0.15, 0.2) is 0 Å². The molecule has 2 fully saturated rings. The summed E-state index contributed by atoms with van der Waals surface area (Å²) in [6, 6.07) is 0. The van der Waals surface area contributed by atoms with E-state index in [1.165, 1.54) is 0 Å². The molecule has 16 heavy (non-hydrogen) atoms. The van der Waals surface area contributed by atoms with Gasteiger partial charge in [0, 0.05) is 6.54 Å². The highest BCUT2D eigenvalue weighted by molar-refractivity contribution is 7.89. The molecule has 0 aromatic rings. The van der Waals surface area contributed by atoms with Crippen LogP contribution in [0.4, 0.5) is 0 Å². The van der Waals surface area contributed by atoms with Crippen molar-refractivity contribution in [3.63, 3.8) is 0 Å². The monoisotopic (exact) mass is 246 g/mol. The maximum absolute atomic E-state index is 12.4. The van der Waals surface area contributed by atoms with Crippen LogP contribution in [0.2, 0.25) is 0 Å². The summed E-state index contributed by atoms with van der Waals surface area (Å²) in [5.41, 5.74) is 6.02. The maximum atomic E-state index is 12.4. The van der Waals surface area contributed by atoms with E-state index in [4.69, 9.17) is 5.73 Å². The summed E-state index contributed by atoms with van der Waals surface area (Å²) < 4.78 is 26.3. The number of hydrogen-bond acceptors (Lipinski definition) is 3. The normalized spacial score (nSPS) is 34.4. The van der Waals surface area contributed by atoms with Gasteiger partial charge in [-0.15, -0.1) is 0 Å². The van der Waals surface area contributed by atoms with Crippen LogP contribution in [-0.2, 0) is 10.0 Å². The molecule has 2 aliphatic rings. The Morgan fingerprint density at radius 2 is 1.75 bits per heavy atom. The molecule has 0 amide bonds. The van der Waals surface area contributed by atoms with Gasteiger partial charge in [0.2, 0.25) is 10.0 Å². The molecular weight excluding hydrogens is 224 g/mol. The van der Waals surface area contributed by atoms with E-state index in [1.807, 2.05) is 6.92 Å². The van der Waals surface area contributed by atoms with Crippen LogP contribution in [0.3, 0.4) is 0 Å². The molecule has 1 saturated heterocycles. The van der Waals surface area contributed by atoms with Crippen molar-refractivity contribution in [1.29, 1.82) is 0 Å². The van der Waals surface area contributed by atoms with Crippen LogP contribution in [0, 0.1) is 5.92 Å². The zero-order chi connectivity index (χ0) is 11.8. The maximum Gasteiger partial charge on any atom is 0.218 e. The van der Waals surface area contributed by atoms with E-state index < -0.39 is 10.0 Å². The number of nitrogens with zero attached hydrogens (tertiary/aromatic N) is 1. The fraction of sp³-hybridized carbons (Fsp3) is 1.00. The highest BCUT2D eigenvalue weighted by atomic mass is 32.2. The fourth-order valence-corrected chi connectivity index (χ4v) is 5.09. The lowest BCUT2D eigenvalue weighted by molar-refractivity contribution is 0.190. The molecule has 4 nitrogen and oxygen atoms in total. The molecule has 0 radical (unpaired) electrons. The van der Waals surface area contributed by atoms with Crippen LogP contribution in [0.1, 0.15) is 45.4 Å². The minimum Gasteiger partial charge on any atom is -0.315 e. The standard InChI is InChI=1S/C11H22N2O2S/c1-9-5-4-8-13(11(9)12)16(14,15)10-6-2-3-7-10/h9-11H,2-8,12H2,1H3. The third kappa shape index (κ3) is 2.13. The smallest absolute Gasteiger partial charge is 0.218 e. The van der Waals surface area contributed by atoms with E-state index in [0.717, 1.165) is 38.5 Å². The first-order valence-corrected chi connectivity index (χ1v) is 7.80. The summed E-state index contributed by atoms with van der Waals surface area (Å²) in [5.74, 6) is 0.282. The average molecular weight is 246 g/mol. The first-order valence-electron chi connectivity index (χ1n) is 6.29. The predicted molar refractivity (Wildman–Crippen MR) is 64.3 cm³/mol. The highest BCUT2D eigenvalue weighted by Crippen LogP contribution is 2.31. The molecule has 0 bridgehead atoms. The summed E-state index contributed by atoms with van der Waals surface area (Å²) in [7, 11) is -3.14. The van der Waals surface area contributed by atoms with Gasteiger partial charge in [0.15, 0.2) is 0 Å². The molecule has 1 saturated carbocycles. The Morgan fingerprint density at radius 1 is 1.12 bits per heavy atom. The number of nitrogens with two attached hydrogens (primary N) is 1. The highest BCUT2D eigenvalue weighted by Gasteiger charge is 2.39. The Hall–Kier alpha value is -0.130. The van der Waals surface area contributed by atoms with Gasteiger partial charge >= 0.3 is 0 Å². The number of hydrogen-bond donors (Lipinski definition) is 1. The van der Waals surface area contributed by atoms with Crippen molar-refractivity contribution in [2.24, 2.45) is 11.7 Å². The molecular formula is C11H22N2O2S. The van der Waals surface area contributed by atoms with Gasteiger partial charge in [-0.3, -0.25) is 0 Å². The Labute approximate surface area is 98.2 Å². The molecule has 1 aliphatic carbocycles. The summed E-state index contributed by atoms with van der Waals surface area (Å²) in [6.07, 6.45) is 5.41. The Morgan fingerprint density at radius 3 is 2.38 bits per heavy atom. The number of sulfonamides is 1. The molecule has 1 heterocycles. The second-order valence-corrected chi connectivity index (χ2v) is 7.34. The van der Waals surface area contributed by atoms with Gasteiger partial charge in [0.1, 0.15) is 0 Å². The Kier molecular flexibility index (Phi) is 3.56. The molecule has 1 aliphatic heterocycles. The van der Waals surface area contributed by atoms with Crippen molar-refractivity contribution < 1.29 is 8.42 Å². The van der Waals surface area contributed by atoms with Gasteiger partial charge in [0.25, 0.3) is 0 Å². The second-order valence-electron chi connectivity index (χ2n) is 5.17. The van der Waals surface area contributed by atoms with Crippen molar-refractivity contribution in [3.05, 3.63) is 0 Å². The van der Waals surface area contributed by atoms with Gasteiger partial charge in [-0.25, -0.2) is 8.42 Å². The molecule has 5 heteroatoms. The van der Waals surface area contributed by atoms with E-state index in [1.54, 1.807) is 4.31 Å². The van der Waals surface area contributed by atoms with Gasteiger partial charge in [0.05, 0.1) is 11.4 Å². The lowest BCUT2D eigenvalue weighted by atomic mass is 9.99. The van der Waals surface area contributed by atoms with E-state index in [9.17, 15) is 8.42 Å². The SMILES string of the molecule is CC1CCCN(S(=O)(=O)C2CCCC2)C1N. The Balaban J connectivity index is 2.15. The fourth-order valence-electron chi connectivity index (χ4n) is 2.85.